The van der Waals surface area contributed by atoms with Crippen molar-refractivity contribution in [2.75, 3.05) is 44.2 Å². The van der Waals surface area contributed by atoms with E-state index in [-0.39, 0.29) is 5.97 Å². The van der Waals surface area contributed by atoms with E-state index in [1.807, 2.05) is 29.2 Å². The molecule has 2 aliphatic rings. The molecule has 0 amide bonds. The highest BCUT2D eigenvalue weighted by Crippen LogP contribution is 2.49. The van der Waals surface area contributed by atoms with E-state index >= 15 is 0 Å². The van der Waals surface area contributed by atoms with Crippen LogP contribution in [0.3, 0.4) is 0 Å². The average Bonchev–Trinajstić information content (AvgIpc) is 2.87. The lowest BCUT2D eigenvalue weighted by Gasteiger charge is -2.37. The first kappa shape index (κ1) is 27.8. The Balaban J connectivity index is 1.38. The minimum Gasteiger partial charge on any atom is -0.464 e. The minimum atomic E-state index is -4.38. The number of piperazine rings is 1. The van der Waals surface area contributed by atoms with Gasteiger partial charge >= 0.3 is 12.1 Å². The number of anilines is 2. The molecular formula is C28H36F3N3O2S. The van der Waals surface area contributed by atoms with E-state index in [0.717, 1.165) is 54.4 Å². The molecule has 0 aromatic heterocycles. The molecule has 0 spiro atoms. The lowest BCUT2D eigenvalue weighted by atomic mass is 10.1. The van der Waals surface area contributed by atoms with E-state index < -0.39 is 11.7 Å². The fraction of sp³-hybridized carbons (Fsp3) is 0.536. The molecular weight excluding hydrogens is 499 g/mol. The number of halogens is 3. The Morgan fingerprint density at radius 3 is 2.70 bits per heavy atom. The van der Waals surface area contributed by atoms with Crippen molar-refractivity contribution < 1.29 is 22.7 Å². The summed E-state index contributed by atoms with van der Waals surface area (Å²) in [6, 6.07) is 12.2. The number of ether oxygens (including phenoxy) is 1. The maximum atomic E-state index is 13.5. The van der Waals surface area contributed by atoms with Crippen molar-refractivity contribution in [2.45, 2.75) is 61.5 Å². The summed E-state index contributed by atoms with van der Waals surface area (Å²) in [6.07, 6.45) is -1.37. The van der Waals surface area contributed by atoms with Crippen molar-refractivity contribution in [3.63, 3.8) is 0 Å². The van der Waals surface area contributed by atoms with E-state index in [1.54, 1.807) is 6.07 Å². The Kier molecular flexibility index (Phi) is 9.42. The van der Waals surface area contributed by atoms with Gasteiger partial charge in [-0.3, -0.25) is 9.69 Å². The van der Waals surface area contributed by atoms with Crippen LogP contribution < -0.4 is 10.2 Å². The molecule has 2 aromatic rings. The fourth-order valence-electron chi connectivity index (χ4n) is 4.87. The van der Waals surface area contributed by atoms with Crippen molar-refractivity contribution in [3.05, 3.63) is 48.0 Å². The van der Waals surface area contributed by atoms with Gasteiger partial charge in [-0.1, -0.05) is 37.7 Å². The van der Waals surface area contributed by atoms with E-state index in [9.17, 15) is 18.0 Å². The number of hydrogen-bond donors (Lipinski definition) is 1. The fourth-order valence-corrected chi connectivity index (χ4v) is 5.95. The molecule has 37 heavy (non-hydrogen) atoms. The normalized spacial score (nSPS) is 18.0. The largest absolute Gasteiger partial charge is 0.464 e. The summed E-state index contributed by atoms with van der Waals surface area (Å²) < 4.78 is 45.9. The zero-order valence-corrected chi connectivity index (χ0v) is 22.3. The highest BCUT2D eigenvalue weighted by molar-refractivity contribution is 7.99. The number of nitrogens with zero attached hydrogens (tertiary/aromatic N) is 2. The summed E-state index contributed by atoms with van der Waals surface area (Å²) in [5.41, 5.74) is 0.943. The summed E-state index contributed by atoms with van der Waals surface area (Å²) in [5, 5.41) is 3.45. The summed E-state index contributed by atoms with van der Waals surface area (Å²) in [4.78, 5) is 18.3. The molecule has 2 heterocycles. The minimum absolute atomic E-state index is 0.140. The molecule has 202 valence electrons. The second-order valence-corrected chi connectivity index (χ2v) is 11.2. The highest BCUT2D eigenvalue weighted by atomic mass is 32.2. The topological polar surface area (TPSA) is 44.8 Å². The van der Waals surface area contributed by atoms with E-state index in [0.29, 0.717) is 43.8 Å². The van der Waals surface area contributed by atoms with Crippen LogP contribution in [0.4, 0.5) is 24.5 Å². The van der Waals surface area contributed by atoms with Gasteiger partial charge in [-0.2, -0.15) is 13.2 Å². The molecule has 9 heteroatoms. The Morgan fingerprint density at radius 2 is 1.92 bits per heavy atom. The Hall–Kier alpha value is -2.23. The van der Waals surface area contributed by atoms with Gasteiger partial charge in [0.2, 0.25) is 0 Å². The lowest BCUT2D eigenvalue weighted by Crippen LogP contribution is -2.52. The molecule has 0 bridgehead atoms. The van der Waals surface area contributed by atoms with Crippen molar-refractivity contribution in [1.29, 1.82) is 0 Å². The number of fused-ring (bicyclic) bond motifs is 2. The van der Waals surface area contributed by atoms with Gasteiger partial charge in [0.25, 0.3) is 0 Å². The van der Waals surface area contributed by atoms with Crippen LogP contribution in [-0.4, -0.2) is 56.2 Å². The zero-order chi connectivity index (χ0) is 26.4. The summed E-state index contributed by atoms with van der Waals surface area (Å²) >= 11 is 1.52. The van der Waals surface area contributed by atoms with Crippen molar-refractivity contribution in [1.82, 2.24) is 10.2 Å². The number of alkyl halides is 3. The van der Waals surface area contributed by atoms with Crippen molar-refractivity contribution in [2.24, 2.45) is 5.92 Å². The third kappa shape index (κ3) is 7.42. The first-order chi connectivity index (χ1) is 17.7. The molecule has 0 radical (unpaired) electrons. The molecule has 1 atom stereocenters. The quantitative estimate of drug-likeness (QED) is 0.358. The number of para-hydroxylation sites is 1. The molecule has 2 aliphatic heterocycles. The van der Waals surface area contributed by atoms with Crippen LogP contribution in [0.1, 0.15) is 45.1 Å². The van der Waals surface area contributed by atoms with Crippen LogP contribution in [0, 0.1) is 5.92 Å². The van der Waals surface area contributed by atoms with Gasteiger partial charge in [0.1, 0.15) is 6.61 Å². The maximum Gasteiger partial charge on any atom is 0.416 e. The van der Waals surface area contributed by atoms with Crippen molar-refractivity contribution in [3.8, 4) is 0 Å². The summed E-state index contributed by atoms with van der Waals surface area (Å²) in [6.45, 7) is 8.51. The standard InChI is InChI=1S/C28H36F3N3O2S/c1-20(2)9-12-27(35)36-17-16-33-15-13-32-19-22(33)6-5-14-34-23-7-3-4-8-25(23)37-26-11-10-21(18-24(26)34)28(29,30)31/h3-4,7-8,10-11,18,20,22,32H,5-6,9,12-17,19H2,1-2H3. The number of benzene rings is 2. The molecule has 1 fully saturated rings. The van der Waals surface area contributed by atoms with Gasteiger partial charge in [-0.05, 0) is 55.5 Å². The second-order valence-electron chi connectivity index (χ2n) is 10.1. The van der Waals surface area contributed by atoms with Gasteiger partial charge in [0, 0.05) is 55.0 Å². The summed E-state index contributed by atoms with van der Waals surface area (Å²) in [7, 11) is 0. The Morgan fingerprint density at radius 1 is 1.14 bits per heavy atom. The average molecular weight is 536 g/mol. The molecule has 5 nitrogen and oxygen atoms in total. The molecule has 0 saturated carbocycles. The number of hydrogen-bond acceptors (Lipinski definition) is 6. The number of esters is 1. The molecule has 1 unspecified atom stereocenters. The first-order valence-electron chi connectivity index (χ1n) is 13.1. The Labute approximate surface area is 221 Å². The lowest BCUT2D eigenvalue weighted by molar-refractivity contribution is -0.144. The highest BCUT2D eigenvalue weighted by Gasteiger charge is 2.33. The van der Waals surface area contributed by atoms with Crippen LogP contribution in [0.15, 0.2) is 52.3 Å². The van der Waals surface area contributed by atoms with Crippen LogP contribution >= 0.6 is 11.8 Å². The van der Waals surface area contributed by atoms with Gasteiger partial charge in [0.15, 0.2) is 0 Å². The predicted octanol–water partition coefficient (Wildman–Crippen LogP) is 6.34. The molecule has 0 aliphatic carbocycles. The number of carbonyl (C=O) groups is 1. The molecule has 2 aromatic carbocycles. The third-order valence-corrected chi connectivity index (χ3v) is 8.04. The number of carbonyl (C=O) groups excluding carboxylic acids is 1. The molecule has 4 rings (SSSR count). The Bertz CT molecular complexity index is 1060. The van der Waals surface area contributed by atoms with Gasteiger partial charge in [-0.25, -0.2) is 0 Å². The zero-order valence-electron chi connectivity index (χ0n) is 21.5. The van der Waals surface area contributed by atoms with Crippen LogP contribution in [0.2, 0.25) is 0 Å². The van der Waals surface area contributed by atoms with E-state index in [2.05, 4.69) is 24.1 Å². The third-order valence-electron chi connectivity index (χ3n) is 6.91. The molecule has 1 saturated heterocycles. The SMILES string of the molecule is CC(C)CCC(=O)OCCN1CCNCC1CCCN1c2ccccc2Sc2ccc(C(F)(F)F)cc21. The summed E-state index contributed by atoms with van der Waals surface area (Å²) in [5.74, 6) is 0.335. The smallest absolute Gasteiger partial charge is 0.416 e. The monoisotopic (exact) mass is 535 g/mol. The molecule has 1 N–H and O–H groups in total. The number of nitrogens with one attached hydrogen (secondary N) is 1. The second kappa shape index (κ2) is 12.5. The van der Waals surface area contributed by atoms with E-state index in [4.69, 9.17) is 4.74 Å². The van der Waals surface area contributed by atoms with Crippen molar-refractivity contribution >= 4 is 29.1 Å². The van der Waals surface area contributed by atoms with Gasteiger partial charge in [-0.15, -0.1) is 0 Å². The maximum absolute atomic E-state index is 13.5. The van der Waals surface area contributed by atoms with Crippen LogP contribution in [0.5, 0.6) is 0 Å². The van der Waals surface area contributed by atoms with Gasteiger partial charge in [0.05, 0.1) is 16.9 Å². The predicted molar refractivity (Wildman–Crippen MR) is 142 cm³/mol. The van der Waals surface area contributed by atoms with E-state index in [1.165, 1.54) is 23.9 Å². The number of rotatable bonds is 10. The van der Waals surface area contributed by atoms with Crippen LogP contribution in [0.25, 0.3) is 0 Å². The first-order valence-corrected chi connectivity index (χ1v) is 13.9. The van der Waals surface area contributed by atoms with Crippen LogP contribution in [-0.2, 0) is 15.7 Å². The van der Waals surface area contributed by atoms with Gasteiger partial charge < -0.3 is 15.0 Å².